The number of ether oxygens (including phenoxy) is 1. The topological polar surface area (TPSA) is 62.3 Å². The Labute approximate surface area is 103 Å². The van der Waals surface area contributed by atoms with Crippen molar-refractivity contribution >= 4 is 11.4 Å². The van der Waals surface area contributed by atoms with Gasteiger partial charge in [0, 0.05) is 36.6 Å². The van der Waals surface area contributed by atoms with E-state index in [9.17, 15) is 0 Å². The molecule has 4 nitrogen and oxygen atoms in total. The number of benzene rings is 1. The van der Waals surface area contributed by atoms with Gasteiger partial charge in [0.2, 0.25) is 0 Å². The molecule has 92 valence electrons. The molecule has 0 aliphatic carbocycles. The summed E-state index contributed by atoms with van der Waals surface area (Å²) >= 11 is 0. The highest BCUT2D eigenvalue weighted by atomic mass is 16.5. The van der Waals surface area contributed by atoms with Crippen LogP contribution >= 0.6 is 0 Å². The number of hydrogen-bond donors (Lipinski definition) is 1. The molecule has 1 atom stereocenters. The van der Waals surface area contributed by atoms with Gasteiger partial charge in [0.05, 0.1) is 19.1 Å². The predicted octanol–water partition coefficient (Wildman–Crippen LogP) is 2.41. The highest BCUT2D eigenvalue weighted by molar-refractivity contribution is 5.60. The third-order valence-corrected chi connectivity index (χ3v) is 2.68. The summed E-state index contributed by atoms with van der Waals surface area (Å²) in [6.45, 7) is 4.55. The Kier molecular flexibility index (Phi) is 4.65. The van der Waals surface area contributed by atoms with Crippen LogP contribution in [-0.2, 0) is 0 Å². The lowest BCUT2D eigenvalue weighted by Crippen LogP contribution is -2.28. The van der Waals surface area contributed by atoms with E-state index in [0.29, 0.717) is 18.7 Å². The summed E-state index contributed by atoms with van der Waals surface area (Å²) in [6, 6.07) is 7.94. The number of nitrogens with two attached hydrogens (primary N) is 1. The van der Waals surface area contributed by atoms with E-state index in [-0.39, 0.29) is 6.04 Å². The van der Waals surface area contributed by atoms with Crippen molar-refractivity contribution in [3.8, 4) is 11.8 Å². The van der Waals surface area contributed by atoms with Gasteiger partial charge in [-0.05, 0) is 19.9 Å². The number of nitrogen functional groups attached to an aromatic ring is 1. The smallest absolute Gasteiger partial charge is 0.123 e. The minimum atomic E-state index is 0.149. The molecule has 0 amide bonds. The standard InChI is InChI=1S/C13H19N3O/c1-4-17-13-8-11(15)7-12(9-13)16(3)10(2)5-6-14/h7-10H,4-5,15H2,1-3H3. The first-order chi connectivity index (χ1) is 8.08. The zero-order valence-electron chi connectivity index (χ0n) is 10.6. The Morgan fingerprint density at radius 3 is 2.76 bits per heavy atom. The molecule has 4 heteroatoms. The van der Waals surface area contributed by atoms with Crippen molar-refractivity contribution in [1.82, 2.24) is 0 Å². The number of nitriles is 1. The third kappa shape index (κ3) is 3.56. The van der Waals surface area contributed by atoms with Crippen molar-refractivity contribution in [3.63, 3.8) is 0 Å². The van der Waals surface area contributed by atoms with Gasteiger partial charge in [0.25, 0.3) is 0 Å². The van der Waals surface area contributed by atoms with Gasteiger partial charge in [0.15, 0.2) is 0 Å². The van der Waals surface area contributed by atoms with E-state index in [0.717, 1.165) is 11.4 Å². The van der Waals surface area contributed by atoms with Crippen molar-refractivity contribution in [2.75, 3.05) is 24.3 Å². The summed E-state index contributed by atoms with van der Waals surface area (Å²) in [4.78, 5) is 2.03. The van der Waals surface area contributed by atoms with Crippen molar-refractivity contribution < 1.29 is 4.74 Å². The van der Waals surface area contributed by atoms with Crippen LogP contribution in [0, 0.1) is 11.3 Å². The highest BCUT2D eigenvalue weighted by Crippen LogP contribution is 2.26. The number of hydrogen-bond acceptors (Lipinski definition) is 4. The predicted molar refractivity (Wildman–Crippen MR) is 70.1 cm³/mol. The minimum absolute atomic E-state index is 0.149. The Balaban J connectivity index is 2.93. The van der Waals surface area contributed by atoms with Gasteiger partial charge in [-0.15, -0.1) is 0 Å². The van der Waals surface area contributed by atoms with Gasteiger partial charge in [-0.2, -0.15) is 5.26 Å². The van der Waals surface area contributed by atoms with Crippen molar-refractivity contribution in [3.05, 3.63) is 18.2 Å². The normalized spacial score (nSPS) is 11.6. The van der Waals surface area contributed by atoms with Crippen molar-refractivity contribution in [2.45, 2.75) is 26.3 Å². The largest absolute Gasteiger partial charge is 0.494 e. The fraction of sp³-hybridized carbons (Fsp3) is 0.462. The monoisotopic (exact) mass is 233 g/mol. The molecular formula is C13H19N3O. The molecule has 0 aliphatic heterocycles. The molecule has 0 aliphatic rings. The first-order valence-corrected chi connectivity index (χ1v) is 5.71. The van der Waals surface area contributed by atoms with E-state index < -0.39 is 0 Å². The van der Waals surface area contributed by atoms with E-state index in [2.05, 4.69) is 6.07 Å². The van der Waals surface area contributed by atoms with Crippen LogP contribution in [0.5, 0.6) is 5.75 Å². The van der Waals surface area contributed by atoms with Gasteiger partial charge < -0.3 is 15.4 Å². The third-order valence-electron chi connectivity index (χ3n) is 2.68. The molecule has 0 fully saturated rings. The lowest BCUT2D eigenvalue weighted by molar-refractivity contribution is 0.340. The van der Waals surface area contributed by atoms with Crippen LogP contribution in [0.25, 0.3) is 0 Å². The molecule has 0 heterocycles. The maximum Gasteiger partial charge on any atom is 0.123 e. The highest BCUT2D eigenvalue weighted by Gasteiger charge is 2.11. The van der Waals surface area contributed by atoms with Crippen molar-refractivity contribution in [2.24, 2.45) is 0 Å². The molecule has 0 saturated carbocycles. The molecule has 17 heavy (non-hydrogen) atoms. The van der Waals surface area contributed by atoms with Crippen molar-refractivity contribution in [1.29, 1.82) is 5.26 Å². The molecule has 2 N–H and O–H groups in total. The van der Waals surface area contributed by atoms with Crippen LogP contribution in [0.4, 0.5) is 11.4 Å². The molecule has 0 bridgehead atoms. The first-order valence-electron chi connectivity index (χ1n) is 5.71. The molecule has 1 rings (SSSR count). The zero-order chi connectivity index (χ0) is 12.8. The Bertz CT molecular complexity index is 412. The minimum Gasteiger partial charge on any atom is -0.494 e. The van der Waals surface area contributed by atoms with Crippen LogP contribution in [0.3, 0.4) is 0 Å². The van der Waals surface area contributed by atoms with Gasteiger partial charge in [-0.25, -0.2) is 0 Å². The second kappa shape index (κ2) is 6.00. The quantitative estimate of drug-likeness (QED) is 0.793. The molecular weight excluding hydrogens is 214 g/mol. The van der Waals surface area contributed by atoms with E-state index in [1.807, 2.05) is 37.9 Å². The second-order valence-electron chi connectivity index (χ2n) is 4.02. The fourth-order valence-electron chi connectivity index (χ4n) is 1.58. The van der Waals surface area contributed by atoms with Crippen LogP contribution in [0.15, 0.2) is 18.2 Å². The Morgan fingerprint density at radius 1 is 1.47 bits per heavy atom. The summed E-state index contributed by atoms with van der Waals surface area (Å²) < 4.78 is 5.45. The first kappa shape index (κ1) is 13.2. The number of anilines is 2. The maximum atomic E-state index is 8.70. The molecule has 1 aromatic carbocycles. The van der Waals surface area contributed by atoms with Gasteiger partial charge in [0.1, 0.15) is 5.75 Å². The van der Waals surface area contributed by atoms with E-state index in [4.69, 9.17) is 15.7 Å². The zero-order valence-corrected chi connectivity index (χ0v) is 10.6. The van der Waals surface area contributed by atoms with E-state index in [1.54, 1.807) is 6.07 Å². The fourth-order valence-corrected chi connectivity index (χ4v) is 1.58. The lowest BCUT2D eigenvalue weighted by atomic mass is 10.2. The molecule has 0 saturated heterocycles. The summed E-state index contributed by atoms with van der Waals surface area (Å²) in [7, 11) is 1.95. The lowest BCUT2D eigenvalue weighted by Gasteiger charge is -2.26. The number of rotatable bonds is 5. The molecule has 0 spiro atoms. The summed E-state index contributed by atoms with van der Waals surface area (Å²) in [5.74, 6) is 0.763. The molecule has 1 aromatic rings. The summed E-state index contributed by atoms with van der Waals surface area (Å²) in [6.07, 6.45) is 0.481. The second-order valence-corrected chi connectivity index (χ2v) is 4.02. The van der Waals surface area contributed by atoms with E-state index >= 15 is 0 Å². The van der Waals surface area contributed by atoms with Crippen LogP contribution in [-0.4, -0.2) is 19.7 Å². The average molecular weight is 233 g/mol. The summed E-state index contributed by atoms with van der Waals surface area (Å²) in [5.41, 5.74) is 7.47. The summed E-state index contributed by atoms with van der Waals surface area (Å²) in [5, 5.41) is 8.70. The molecule has 1 unspecified atom stereocenters. The Hall–Kier alpha value is -1.89. The van der Waals surface area contributed by atoms with Gasteiger partial charge in [-0.3, -0.25) is 0 Å². The Morgan fingerprint density at radius 2 is 2.18 bits per heavy atom. The molecule has 0 aromatic heterocycles. The van der Waals surface area contributed by atoms with Crippen LogP contribution < -0.4 is 15.4 Å². The SMILES string of the molecule is CCOc1cc(N)cc(N(C)C(C)CC#N)c1. The van der Waals surface area contributed by atoms with Gasteiger partial charge >= 0.3 is 0 Å². The average Bonchev–Trinajstić information content (AvgIpc) is 2.28. The van der Waals surface area contributed by atoms with E-state index in [1.165, 1.54) is 0 Å². The van der Waals surface area contributed by atoms with Gasteiger partial charge in [-0.1, -0.05) is 0 Å². The van der Waals surface area contributed by atoms with Crippen LogP contribution in [0.1, 0.15) is 20.3 Å². The maximum absolute atomic E-state index is 8.70. The van der Waals surface area contributed by atoms with Crippen LogP contribution in [0.2, 0.25) is 0 Å². The number of nitrogens with zero attached hydrogens (tertiary/aromatic N) is 2. The molecule has 0 radical (unpaired) electrons.